The summed E-state index contributed by atoms with van der Waals surface area (Å²) in [5.74, 6) is -2.80. The van der Waals surface area contributed by atoms with Gasteiger partial charge in [-0.1, -0.05) is 6.92 Å². The minimum Gasteiger partial charge on any atom is -0.462 e. The number of hydrogen-bond donors (Lipinski definition) is 5. The highest BCUT2D eigenvalue weighted by atomic mass is 16.6. The molecule has 0 saturated carbocycles. The third-order valence-electron chi connectivity index (χ3n) is 2.63. The molecule has 146 valence electrons. The lowest BCUT2D eigenvalue weighted by molar-refractivity contribution is -0.223. The van der Waals surface area contributed by atoms with Gasteiger partial charge in [-0.05, 0) is 47.5 Å². The zero-order valence-electron chi connectivity index (χ0n) is 15.5. The first kappa shape index (κ1) is 25.5. The Balaban J connectivity index is 0. The summed E-state index contributed by atoms with van der Waals surface area (Å²) < 4.78 is 9.81. The van der Waals surface area contributed by atoms with Crippen LogP contribution in [0.3, 0.4) is 0 Å². The van der Waals surface area contributed by atoms with Crippen molar-refractivity contribution in [2.24, 2.45) is 0 Å². The number of aliphatic hydroxyl groups excluding tert-OH is 2. The summed E-state index contributed by atoms with van der Waals surface area (Å²) >= 11 is 0. The highest BCUT2D eigenvalue weighted by Gasteiger charge is 2.22. The van der Waals surface area contributed by atoms with Crippen LogP contribution in [-0.4, -0.2) is 68.0 Å². The van der Waals surface area contributed by atoms with E-state index < -0.39 is 23.8 Å². The smallest absolute Gasteiger partial charge is 0.306 e. The summed E-state index contributed by atoms with van der Waals surface area (Å²) in [6.07, 6.45) is 1.23. The first-order chi connectivity index (χ1) is 10.7. The lowest BCUT2D eigenvalue weighted by atomic mass is 10.2. The van der Waals surface area contributed by atoms with E-state index in [1.54, 1.807) is 6.92 Å². The fraction of sp³-hybridized carbons (Fsp3) is 0.938. The molecule has 1 aliphatic rings. The topological polar surface area (TPSA) is 137 Å². The number of esters is 1. The molecule has 8 nitrogen and oxygen atoms in total. The molecule has 3 atom stereocenters. The standard InChI is InChI=1S/C7H16O4.C6H10O2.C3H8O2/c1-5(6(9)4-8)11-7(2,3)10;1-2-5-3-4-6(7)8-5;1-3(2,4)5/h5-6,8-10H,4H2,1-3H3;5H,2-4H2,1H3;4-5H,1-2H3. The van der Waals surface area contributed by atoms with Crippen molar-refractivity contribution in [2.45, 2.75) is 90.7 Å². The summed E-state index contributed by atoms with van der Waals surface area (Å²) in [4.78, 5) is 10.4. The van der Waals surface area contributed by atoms with Crippen molar-refractivity contribution >= 4 is 5.97 Å². The maximum Gasteiger partial charge on any atom is 0.306 e. The number of aliphatic hydroxyl groups is 5. The van der Waals surface area contributed by atoms with Gasteiger partial charge in [0.05, 0.1) is 12.7 Å². The molecule has 0 aromatic heterocycles. The summed E-state index contributed by atoms with van der Waals surface area (Å²) in [6, 6.07) is 0. The molecule has 3 unspecified atom stereocenters. The minimum absolute atomic E-state index is 0.0307. The number of carbonyl (C=O) groups is 1. The first-order valence-corrected chi connectivity index (χ1v) is 8.03. The van der Waals surface area contributed by atoms with Gasteiger partial charge in [0.2, 0.25) is 0 Å². The maximum absolute atomic E-state index is 10.4. The van der Waals surface area contributed by atoms with Gasteiger partial charge in [0, 0.05) is 6.42 Å². The van der Waals surface area contributed by atoms with Crippen molar-refractivity contribution in [1.82, 2.24) is 0 Å². The van der Waals surface area contributed by atoms with Gasteiger partial charge >= 0.3 is 5.97 Å². The Bertz CT molecular complexity index is 326. The average molecular weight is 354 g/mol. The second-order valence-electron chi connectivity index (χ2n) is 6.57. The molecule has 1 fully saturated rings. The van der Waals surface area contributed by atoms with Crippen LogP contribution in [0.2, 0.25) is 0 Å². The molecule has 5 N–H and O–H groups in total. The van der Waals surface area contributed by atoms with Gasteiger partial charge in [-0.3, -0.25) is 4.79 Å². The van der Waals surface area contributed by atoms with Crippen LogP contribution < -0.4 is 0 Å². The molecule has 0 aromatic carbocycles. The van der Waals surface area contributed by atoms with Crippen LogP contribution >= 0.6 is 0 Å². The number of hydrogen-bond acceptors (Lipinski definition) is 8. The Kier molecular flexibility index (Phi) is 12.4. The molecule has 0 spiro atoms. The average Bonchev–Trinajstić information content (AvgIpc) is 2.80. The second-order valence-corrected chi connectivity index (χ2v) is 6.57. The molecule has 0 aliphatic carbocycles. The van der Waals surface area contributed by atoms with Gasteiger partial charge in [0.15, 0.2) is 11.6 Å². The summed E-state index contributed by atoms with van der Waals surface area (Å²) in [5.41, 5.74) is 0. The molecular formula is C16H34O8. The van der Waals surface area contributed by atoms with Crippen LogP contribution in [0.5, 0.6) is 0 Å². The fourth-order valence-electron chi connectivity index (χ4n) is 1.55. The van der Waals surface area contributed by atoms with Gasteiger partial charge < -0.3 is 35.0 Å². The Morgan fingerprint density at radius 3 is 1.92 bits per heavy atom. The zero-order valence-corrected chi connectivity index (χ0v) is 15.5. The molecule has 0 amide bonds. The highest BCUT2D eigenvalue weighted by Crippen LogP contribution is 2.15. The van der Waals surface area contributed by atoms with E-state index in [1.165, 1.54) is 27.7 Å². The van der Waals surface area contributed by atoms with E-state index in [2.05, 4.69) is 0 Å². The van der Waals surface area contributed by atoms with Crippen molar-refractivity contribution in [3.05, 3.63) is 0 Å². The van der Waals surface area contributed by atoms with Crippen molar-refractivity contribution in [1.29, 1.82) is 0 Å². The predicted molar refractivity (Wildman–Crippen MR) is 87.9 cm³/mol. The Morgan fingerprint density at radius 1 is 1.25 bits per heavy atom. The number of carbonyl (C=O) groups excluding carboxylic acids is 1. The van der Waals surface area contributed by atoms with E-state index in [-0.39, 0.29) is 18.7 Å². The Morgan fingerprint density at radius 2 is 1.71 bits per heavy atom. The van der Waals surface area contributed by atoms with E-state index in [9.17, 15) is 4.79 Å². The monoisotopic (exact) mass is 354 g/mol. The number of cyclic esters (lactones) is 1. The lowest BCUT2D eigenvalue weighted by Gasteiger charge is -2.25. The van der Waals surface area contributed by atoms with Crippen LogP contribution in [-0.2, 0) is 14.3 Å². The normalized spacial score (nSPS) is 20.1. The van der Waals surface area contributed by atoms with E-state index in [0.29, 0.717) is 6.42 Å². The van der Waals surface area contributed by atoms with Gasteiger partial charge in [-0.15, -0.1) is 0 Å². The first-order valence-electron chi connectivity index (χ1n) is 8.03. The molecule has 8 heteroatoms. The Labute approximate surface area is 144 Å². The van der Waals surface area contributed by atoms with E-state index >= 15 is 0 Å². The molecule has 0 bridgehead atoms. The van der Waals surface area contributed by atoms with E-state index in [1.807, 2.05) is 6.92 Å². The van der Waals surface area contributed by atoms with Gasteiger partial charge in [-0.2, -0.15) is 0 Å². The maximum atomic E-state index is 10.4. The van der Waals surface area contributed by atoms with Gasteiger partial charge in [0.25, 0.3) is 0 Å². The molecule has 1 saturated heterocycles. The van der Waals surface area contributed by atoms with Crippen molar-refractivity contribution < 1.29 is 39.8 Å². The number of ether oxygens (including phenoxy) is 2. The summed E-state index contributed by atoms with van der Waals surface area (Å²) in [6.45, 7) is 8.78. The highest BCUT2D eigenvalue weighted by molar-refractivity contribution is 5.71. The second kappa shape index (κ2) is 11.7. The van der Waals surface area contributed by atoms with Gasteiger partial charge in [0.1, 0.15) is 12.2 Å². The van der Waals surface area contributed by atoms with Crippen molar-refractivity contribution in [2.75, 3.05) is 6.61 Å². The molecule has 1 aliphatic heterocycles. The third-order valence-corrected chi connectivity index (χ3v) is 2.63. The van der Waals surface area contributed by atoms with Crippen molar-refractivity contribution in [3.63, 3.8) is 0 Å². The lowest BCUT2D eigenvalue weighted by Crippen LogP contribution is -2.37. The van der Waals surface area contributed by atoms with Gasteiger partial charge in [-0.25, -0.2) is 0 Å². The third kappa shape index (κ3) is 19.3. The molecule has 1 rings (SSSR count). The molecular weight excluding hydrogens is 320 g/mol. The van der Waals surface area contributed by atoms with Crippen LogP contribution in [0.15, 0.2) is 0 Å². The van der Waals surface area contributed by atoms with Crippen LogP contribution in [0.1, 0.15) is 60.8 Å². The van der Waals surface area contributed by atoms with E-state index in [0.717, 1.165) is 12.8 Å². The summed E-state index contributed by atoms with van der Waals surface area (Å²) in [5, 5.41) is 42.8. The molecule has 0 aromatic rings. The largest absolute Gasteiger partial charge is 0.462 e. The molecule has 24 heavy (non-hydrogen) atoms. The zero-order chi connectivity index (χ0) is 19.6. The number of rotatable bonds is 5. The van der Waals surface area contributed by atoms with Crippen LogP contribution in [0.25, 0.3) is 0 Å². The quantitative estimate of drug-likeness (QED) is 0.351. The predicted octanol–water partition coefficient (Wildman–Crippen LogP) is 0.282. The van der Waals surface area contributed by atoms with E-state index in [4.69, 9.17) is 35.0 Å². The molecule has 0 radical (unpaired) electrons. The minimum atomic E-state index is -1.50. The Hall–Kier alpha value is -0.770. The van der Waals surface area contributed by atoms with Crippen LogP contribution in [0.4, 0.5) is 0 Å². The fourth-order valence-corrected chi connectivity index (χ4v) is 1.55. The molecule has 1 heterocycles. The SMILES string of the molecule is CC(C)(O)O.CC(OC(C)(C)O)C(O)CO.CCC1CCC(=O)O1. The summed E-state index contributed by atoms with van der Waals surface area (Å²) in [7, 11) is 0. The van der Waals surface area contributed by atoms with Crippen molar-refractivity contribution in [3.8, 4) is 0 Å². The van der Waals surface area contributed by atoms with Crippen LogP contribution in [0, 0.1) is 0 Å².